The van der Waals surface area contributed by atoms with Crippen molar-refractivity contribution in [3.63, 3.8) is 0 Å². The number of fused-ring (bicyclic) bond motifs is 1. The summed E-state index contributed by atoms with van der Waals surface area (Å²) in [5, 5.41) is 9.17. The third-order valence-corrected chi connectivity index (χ3v) is 9.13. The van der Waals surface area contributed by atoms with Crippen LogP contribution < -0.4 is 21.4 Å². The van der Waals surface area contributed by atoms with Gasteiger partial charge in [-0.1, -0.05) is 12.8 Å². The molecule has 0 radical (unpaired) electrons. The Morgan fingerprint density at radius 2 is 1.71 bits per heavy atom. The number of amides is 4. The number of rotatable bonds is 21. The standard InChI is InChI=1S/C25H43N4O11PS/c1-4-37-41(35,38-15-19(39-18(3)31)14-36-17(2)30)40-29-23(33)12-6-5-9-13-26-22(32)11-8-7-10-21-24-20(16-42-21)27-25(34)28-24/h19-21,24H,4-16H2,1-3H3,(H,26,32)(H,29,33)(H2,27,28,34)/t19?,20-,21?,24-,41?/m0/s1. The molecule has 15 nitrogen and oxygen atoms in total. The molecule has 2 heterocycles. The highest BCUT2D eigenvalue weighted by Gasteiger charge is 2.42. The van der Waals surface area contributed by atoms with Gasteiger partial charge in [-0.3, -0.25) is 28.2 Å². The number of urea groups is 1. The second kappa shape index (κ2) is 19.0. The number of hydrogen-bond donors (Lipinski definition) is 4. The molecule has 4 N–H and O–H groups in total. The zero-order chi connectivity index (χ0) is 31.0. The molecule has 0 saturated carbocycles. The number of carbonyl (C=O) groups excluding carboxylic acids is 5. The molecular weight excluding hydrogens is 595 g/mol. The number of carbonyl (C=O) groups is 5. The number of hydroxylamine groups is 1. The van der Waals surface area contributed by atoms with Crippen LogP contribution in [0.25, 0.3) is 0 Å². The lowest BCUT2D eigenvalue weighted by molar-refractivity contribution is -0.158. The van der Waals surface area contributed by atoms with Gasteiger partial charge in [0, 0.05) is 44.2 Å². The third kappa shape index (κ3) is 14.2. The zero-order valence-electron chi connectivity index (χ0n) is 24.3. The quantitative estimate of drug-likeness (QED) is 0.0470. The number of hydrogen-bond acceptors (Lipinski definition) is 12. The molecule has 240 valence electrons. The van der Waals surface area contributed by atoms with Crippen LogP contribution in [0.2, 0.25) is 0 Å². The van der Waals surface area contributed by atoms with Gasteiger partial charge >= 0.3 is 25.8 Å². The summed E-state index contributed by atoms with van der Waals surface area (Å²) in [5.74, 6) is -0.897. The van der Waals surface area contributed by atoms with E-state index in [4.69, 9.17) is 23.1 Å². The van der Waals surface area contributed by atoms with Gasteiger partial charge in [-0.25, -0.2) is 14.8 Å². The highest BCUT2D eigenvalue weighted by molar-refractivity contribution is 8.00. The van der Waals surface area contributed by atoms with E-state index >= 15 is 0 Å². The number of esters is 2. The van der Waals surface area contributed by atoms with Crippen LogP contribution >= 0.6 is 19.6 Å². The van der Waals surface area contributed by atoms with Crippen molar-refractivity contribution in [1.82, 2.24) is 21.4 Å². The summed E-state index contributed by atoms with van der Waals surface area (Å²) in [7, 11) is -4.24. The van der Waals surface area contributed by atoms with Crippen LogP contribution in [0, 0.1) is 0 Å². The molecule has 2 rings (SSSR count). The van der Waals surface area contributed by atoms with Gasteiger partial charge < -0.3 is 25.4 Å². The molecule has 3 unspecified atom stereocenters. The predicted molar refractivity (Wildman–Crippen MR) is 152 cm³/mol. The first-order valence-electron chi connectivity index (χ1n) is 14.1. The van der Waals surface area contributed by atoms with Crippen LogP contribution in [-0.2, 0) is 46.9 Å². The fraction of sp³-hybridized carbons (Fsp3) is 0.800. The maximum atomic E-state index is 12.8. The smallest absolute Gasteiger partial charge is 0.462 e. The molecule has 0 aromatic rings. The second-order valence-electron chi connectivity index (χ2n) is 9.84. The second-order valence-corrected chi connectivity index (χ2v) is 12.7. The first kappa shape index (κ1) is 35.8. The number of thioether (sulfide) groups is 1. The predicted octanol–water partition coefficient (Wildman–Crippen LogP) is 2.09. The van der Waals surface area contributed by atoms with Crippen LogP contribution in [0.3, 0.4) is 0 Å². The third-order valence-electron chi connectivity index (χ3n) is 6.27. The molecule has 17 heteroatoms. The number of unbranched alkanes of at least 4 members (excludes halogenated alkanes) is 3. The molecule has 0 bridgehead atoms. The first-order valence-corrected chi connectivity index (χ1v) is 16.6. The molecule has 2 aliphatic rings. The van der Waals surface area contributed by atoms with Crippen molar-refractivity contribution in [2.45, 2.75) is 95.6 Å². The molecule has 0 aliphatic carbocycles. The van der Waals surface area contributed by atoms with Crippen LogP contribution in [0.5, 0.6) is 0 Å². The normalized spacial score (nSPS) is 21.3. The number of ether oxygens (including phenoxy) is 2. The lowest BCUT2D eigenvalue weighted by Crippen LogP contribution is -2.36. The van der Waals surface area contributed by atoms with Crippen molar-refractivity contribution >= 4 is 49.4 Å². The number of phosphoric ester groups is 1. The van der Waals surface area contributed by atoms with Crippen molar-refractivity contribution in [2.24, 2.45) is 0 Å². The summed E-state index contributed by atoms with van der Waals surface area (Å²) < 4.78 is 37.6. The Balaban J connectivity index is 1.53. The summed E-state index contributed by atoms with van der Waals surface area (Å²) in [6.45, 7) is 3.52. The van der Waals surface area contributed by atoms with E-state index in [1.807, 2.05) is 11.8 Å². The fourth-order valence-corrected chi connectivity index (χ4v) is 6.92. The average Bonchev–Trinajstić information content (AvgIpc) is 3.48. The fourth-order valence-electron chi connectivity index (χ4n) is 4.32. The van der Waals surface area contributed by atoms with E-state index in [9.17, 15) is 28.5 Å². The Hall–Kier alpha value is -2.39. The van der Waals surface area contributed by atoms with Crippen molar-refractivity contribution in [2.75, 3.05) is 32.1 Å². The topological polar surface area (TPSA) is 197 Å². The van der Waals surface area contributed by atoms with Gasteiger partial charge in [0.2, 0.25) is 11.8 Å². The van der Waals surface area contributed by atoms with Crippen LogP contribution in [-0.4, -0.2) is 85.3 Å². The summed E-state index contributed by atoms with van der Waals surface area (Å²) >= 11 is 1.86. The van der Waals surface area contributed by atoms with Crippen LogP contribution in [0.1, 0.15) is 72.1 Å². The SMILES string of the molecule is CCOP(=O)(OCC(COC(C)=O)OC(C)=O)ONC(=O)CCCCCNC(=O)CCCCC1SC[C@@H]2NC(=O)N[C@H]12. The molecule has 2 saturated heterocycles. The molecule has 0 aromatic carbocycles. The van der Waals surface area contributed by atoms with Crippen LogP contribution in [0.15, 0.2) is 0 Å². The summed E-state index contributed by atoms with van der Waals surface area (Å²) in [5.41, 5.74) is 2.05. The van der Waals surface area contributed by atoms with E-state index in [2.05, 4.69) is 21.4 Å². The lowest BCUT2D eigenvalue weighted by atomic mass is 10.0. The van der Waals surface area contributed by atoms with Crippen LogP contribution in [0.4, 0.5) is 4.79 Å². The molecular formula is C25H43N4O11PS. The van der Waals surface area contributed by atoms with Gasteiger partial charge in [-0.05, 0) is 32.6 Å². The maximum Gasteiger partial charge on any atom is 0.496 e. The van der Waals surface area contributed by atoms with Gasteiger partial charge in [-0.2, -0.15) is 16.4 Å². The van der Waals surface area contributed by atoms with Crippen molar-refractivity contribution in [3.8, 4) is 0 Å². The Labute approximate surface area is 250 Å². The number of nitrogens with one attached hydrogen (secondary N) is 4. The van der Waals surface area contributed by atoms with Gasteiger partial charge in [0.25, 0.3) is 0 Å². The lowest BCUT2D eigenvalue weighted by Gasteiger charge is -2.21. The highest BCUT2D eigenvalue weighted by atomic mass is 32.2. The molecule has 0 spiro atoms. The molecule has 5 atom stereocenters. The maximum absolute atomic E-state index is 12.8. The van der Waals surface area contributed by atoms with Gasteiger partial charge in [0.1, 0.15) is 6.61 Å². The molecule has 4 amide bonds. The molecule has 42 heavy (non-hydrogen) atoms. The molecule has 2 fully saturated rings. The Morgan fingerprint density at radius 3 is 2.43 bits per heavy atom. The summed E-state index contributed by atoms with van der Waals surface area (Å²) in [6.07, 6.45) is 4.02. The minimum atomic E-state index is -4.24. The highest BCUT2D eigenvalue weighted by Crippen LogP contribution is 2.48. The van der Waals surface area contributed by atoms with E-state index in [0.29, 0.717) is 37.5 Å². The Morgan fingerprint density at radius 1 is 0.976 bits per heavy atom. The van der Waals surface area contributed by atoms with Gasteiger partial charge in [0.15, 0.2) is 6.10 Å². The number of phosphoric acid groups is 1. The minimum Gasteiger partial charge on any atom is -0.462 e. The van der Waals surface area contributed by atoms with Gasteiger partial charge in [0.05, 0.1) is 25.3 Å². The summed E-state index contributed by atoms with van der Waals surface area (Å²) in [4.78, 5) is 57.9. The first-order chi connectivity index (χ1) is 20.0. The van der Waals surface area contributed by atoms with E-state index in [1.54, 1.807) is 6.92 Å². The largest absolute Gasteiger partial charge is 0.496 e. The van der Waals surface area contributed by atoms with Gasteiger partial charge in [-0.15, -0.1) is 0 Å². The Bertz CT molecular complexity index is 973. The minimum absolute atomic E-state index is 0.00981. The zero-order valence-corrected chi connectivity index (χ0v) is 26.1. The monoisotopic (exact) mass is 638 g/mol. The van der Waals surface area contributed by atoms with E-state index < -0.39 is 38.4 Å². The molecule has 2 aliphatic heterocycles. The summed E-state index contributed by atoms with van der Waals surface area (Å²) in [6, 6.07) is 0.293. The van der Waals surface area contributed by atoms with E-state index in [0.717, 1.165) is 31.9 Å². The molecule has 0 aromatic heterocycles. The van der Waals surface area contributed by atoms with Crippen molar-refractivity contribution in [1.29, 1.82) is 0 Å². The van der Waals surface area contributed by atoms with E-state index in [1.165, 1.54) is 6.92 Å². The van der Waals surface area contributed by atoms with Crippen molar-refractivity contribution in [3.05, 3.63) is 0 Å². The average molecular weight is 639 g/mol. The van der Waals surface area contributed by atoms with Crippen molar-refractivity contribution < 1.29 is 51.7 Å². The Kier molecular flexibility index (Phi) is 16.2. The van der Waals surface area contributed by atoms with E-state index in [-0.39, 0.29) is 43.7 Å².